The molecule has 2 fully saturated rings. The number of fused-ring (bicyclic) bond motifs is 3. The van der Waals surface area contributed by atoms with E-state index in [1.165, 1.54) is 11.8 Å². The molecule has 218 valence electrons. The van der Waals surface area contributed by atoms with E-state index in [0.717, 1.165) is 0 Å². The number of aliphatic hydroxyl groups excluding tert-OH is 1. The summed E-state index contributed by atoms with van der Waals surface area (Å²) in [5.41, 5.74) is 3.36. The number of carbonyl (C=O) groups is 5. The number of phenols is 1. The highest BCUT2D eigenvalue weighted by atomic mass is 16.3. The third-order valence-corrected chi connectivity index (χ3v) is 8.72. The fraction of sp³-hybridized carbons (Fsp3) is 0.621. The Labute approximate surface area is 233 Å². The molecule has 11 nitrogen and oxygen atoms in total. The van der Waals surface area contributed by atoms with Crippen LogP contribution in [0.3, 0.4) is 0 Å². The zero-order valence-corrected chi connectivity index (χ0v) is 23.8. The highest BCUT2D eigenvalue weighted by molar-refractivity contribution is 6.26. The molecular formula is C29H39N3O8. The third-order valence-electron chi connectivity index (χ3n) is 8.72. The minimum atomic E-state index is -2.73. The van der Waals surface area contributed by atoms with Crippen molar-refractivity contribution in [3.63, 3.8) is 0 Å². The number of nitrogens with zero attached hydrogens (tertiary/aromatic N) is 1. The van der Waals surface area contributed by atoms with E-state index in [4.69, 9.17) is 5.73 Å². The number of Topliss-reactive ketones (excluding diaryl/α,β-unsaturated/α-hetero) is 4. The van der Waals surface area contributed by atoms with Crippen molar-refractivity contribution in [1.29, 1.82) is 0 Å². The molecule has 6 N–H and O–H groups in total. The number of rotatable bonds is 6. The first-order valence-electron chi connectivity index (χ1n) is 13.5. The van der Waals surface area contributed by atoms with Gasteiger partial charge in [0.25, 0.3) is 0 Å². The molecule has 7 atom stereocenters. The summed E-state index contributed by atoms with van der Waals surface area (Å²) in [5, 5.41) is 37.1. The molecule has 1 amide bonds. The molecule has 0 spiro atoms. The second-order valence-corrected chi connectivity index (χ2v) is 13.0. The maximum absolute atomic E-state index is 14.0. The lowest BCUT2D eigenvalue weighted by molar-refractivity contribution is -0.190. The van der Waals surface area contributed by atoms with Gasteiger partial charge in [-0.3, -0.25) is 24.0 Å². The van der Waals surface area contributed by atoms with E-state index in [0.29, 0.717) is 17.7 Å². The first-order valence-corrected chi connectivity index (χ1v) is 13.5. The molecule has 3 unspecified atom stereocenters. The SMILES string of the molecule is CC(=O)c1cc(CNCC(C)(C)C)c(O)c2c1C[C@@H]1C[C@@H]3[C@@H](N(C)C)C(O)C(C(N)=O)C(=O)[C@]3(O)C(=O)C1C2=O. The van der Waals surface area contributed by atoms with E-state index in [1.807, 2.05) is 20.8 Å². The van der Waals surface area contributed by atoms with Gasteiger partial charge in [0.1, 0.15) is 11.7 Å². The normalized spacial score (nSPS) is 32.0. The Balaban J connectivity index is 1.83. The molecule has 0 aromatic heterocycles. The number of nitrogens with two attached hydrogens (primary N) is 1. The number of amides is 1. The molecule has 4 rings (SSSR count). The minimum Gasteiger partial charge on any atom is -0.507 e. The molecule has 1 aromatic rings. The first kappa shape index (κ1) is 30.0. The van der Waals surface area contributed by atoms with Gasteiger partial charge >= 0.3 is 0 Å². The van der Waals surface area contributed by atoms with Crippen LogP contribution in [0.1, 0.15) is 66.0 Å². The Kier molecular flexibility index (Phi) is 7.59. The largest absolute Gasteiger partial charge is 0.507 e. The van der Waals surface area contributed by atoms with Gasteiger partial charge < -0.3 is 31.3 Å². The number of hydrogen-bond donors (Lipinski definition) is 5. The van der Waals surface area contributed by atoms with Crippen LogP contribution in [0, 0.1) is 29.1 Å². The molecule has 0 bridgehead atoms. The minimum absolute atomic E-state index is 0.0117. The van der Waals surface area contributed by atoms with Crippen LogP contribution in [0.4, 0.5) is 0 Å². The van der Waals surface area contributed by atoms with E-state index in [2.05, 4.69) is 5.32 Å². The zero-order valence-electron chi connectivity index (χ0n) is 23.8. The van der Waals surface area contributed by atoms with Crippen molar-refractivity contribution in [2.45, 2.75) is 64.8 Å². The summed E-state index contributed by atoms with van der Waals surface area (Å²) >= 11 is 0. The van der Waals surface area contributed by atoms with Gasteiger partial charge in [-0.05, 0) is 56.8 Å². The monoisotopic (exact) mass is 557 g/mol. The van der Waals surface area contributed by atoms with Gasteiger partial charge in [-0.2, -0.15) is 0 Å². The van der Waals surface area contributed by atoms with Crippen LogP contribution < -0.4 is 11.1 Å². The van der Waals surface area contributed by atoms with E-state index < -0.39 is 64.7 Å². The van der Waals surface area contributed by atoms with Crippen molar-refractivity contribution in [2.75, 3.05) is 20.6 Å². The van der Waals surface area contributed by atoms with E-state index in [-0.39, 0.29) is 47.5 Å². The maximum atomic E-state index is 14.0. The maximum Gasteiger partial charge on any atom is 0.230 e. The number of benzene rings is 1. The number of phenolic OH excluding ortho intramolecular Hbond substituents is 1. The fourth-order valence-corrected chi connectivity index (χ4v) is 6.97. The number of aliphatic hydroxyl groups is 2. The van der Waals surface area contributed by atoms with Crippen LogP contribution in [0.15, 0.2) is 6.07 Å². The van der Waals surface area contributed by atoms with Crippen molar-refractivity contribution in [3.8, 4) is 5.75 Å². The topological polar surface area (TPSA) is 187 Å². The lowest BCUT2D eigenvalue weighted by atomic mass is 9.52. The molecular weight excluding hydrogens is 518 g/mol. The summed E-state index contributed by atoms with van der Waals surface area (Å²) in [5.74, 6) is -10.0. The molecule has 2 saturated carbocycles. The van der Waals surface area contributed by atoms with Crippen LogP contribution in [-0.4, -0.2) is 87.6 Å². The predicted molar refractivity (Wildman–Crippen MR) is 144 cm³/mol. The summed E-state index contributed by atoms with van der Waals surface area (Å²) < 4.78 is 0. The van der Waals surface area contributed by atoms with Gasteiger partial charge in [-0.15, -0.1) is 0 Å². The number of aromatic hydroxyl groups is 1. The summed E-state index contributed by atoms with van der Waals surface area (Å²) in [7, 11) is 3.17. The quantitative estimate of drug-likeness (QED) is 0.235. The fourth-order valence-electron chi connectivity index (χ4n) is 6.97. The van der Waals surface area contributed by atoms with Crippen molar-refractivity contribution in [1.82, 2.24) is 10.2 Å². The van der Waals surface area contributed by atoms with Crippen molar-refractivity contribution < 1.29 is 39.3 Å². The summed E-state index contributed by atoms with van der Waals surface area (Å²) in [6, 6.07) is 0.577. The highest BCUT2D eigenvalue weighted by Gasteiger charge is 2.69. The smallest absolute Gasteiger partial charge is 0.230 e. The van der Waals surface area contributed by atoms with Crippen molar-refractivity contribution >= 4 is 29.0 Å². The van der Waals surface area contributed by atoms with Crippen molar-refractivity contribution in [3.05, 3.63) is 28.3 Å². The van der Waals surface area contributed by atoms with E-state index in [9.17, 15) is 39.3 Å². The Morgan fingerprint density at radius 1 is 1.18 bits per heavy atom. The molecule has 0 heterocycles. The Hall–Kier alpha value is -2.99. The van der Waals surface area contributed by atoms with Crippen LogP contribution in [0.5, 0.6) is 5.75 Å². The number of hydrogen-bond acceptors (Lipinski definition) is 10. The Bertz CT molecular complexity index is 1300. The third kappa shape index (κ3) is 4.58. The van der Waals surface area contributed by atoms with Crippen LogP contribution >= 0.6 is 0 Å². The summed E-state index contributed by atoms with van der Waals surface area (Å²) in [4.78, 5) is 67.8. The van der Waals surface area contributed by atoms with Gasteiger partial charge in [0.05, 0.1) is 17.6 Å². The number of carbonyl (C=O) groups excluding carboxylic acids is 5. The van der Waals surface area contributed by atoms with Gasteiger partial charge in [0, 0.05) is 36.2 Å². The lowest BCUT2D eigenvalue weighted by Crippen LogP contribution is -2.75. The average molecular weight is 558 g/mol. The summed E-state index contributed by atoms with van der Waals surface area (Å²) in [6.45, 7) is 8.20. The number of ketones is 4. The van der Waals surface area contributed by atoms with E-state index in [1.54, 1.807) is 20.2 Å². The van der Waals surface area contributed by atoms with Gasteiger partial charge in [-0.1, -0.05) is 20.8 Å². The number of nitrogens with one attached hydrogen (secondary N) is 1. The van der Waals surface area contributed by atoms with Crippen LogP contribution in [-0.2, 0) is 27.3 Å². The molecule has 0 aliphatic heterocycles. The van der Waals surface area contributed by atoms with Crippen molar-refractivity contribution in [2.24, 2.45) is 34.8 Å². The van der Waals surface area contributed by atoms with E-state index >= 15 is 0 Å². The van der Waals surface area contributed by atoms with Crippen LogP contribution in [0.25, 0.3) is 0 Å². The molecule has 3 aliphatic rings. The predicted octanol–water partition coefficient (Wildman–Crippen LogP) is -0.00290. The van der Waals surface area contributed by atoms with Gasteiger partial charge in [-0.25, -0.2) is 0 Å². The lowest BCUT2D eigenvalue weighted by Gasteiger charge is -2.54. The van der Waals surface area contributed by atoms with Crippen LogP contribution in [0.2, 0.25) is 0 Å². The zero-order chi connectivity index (χ0) is 30.1. The highest BCUT2D eigenvalue weighted by Crippen LogP contribution is 2.52. The van der Waals surface area contributed by atoms with Gasteiger partial charge in [0.15, 0.2) is 28.7 Å². The molecule has 0 saturated heterocycles. The molecule has 11 heteroatoms. The van der Waals surface area contributed by atoms with Gasteiger partial charge in [0.2, 0.25) is 5.91 Å². The number of likely N-dealkylation sites (N-methyl/N-ethyl adjacent to an activating group) is 1. The molecule has 0 radical (unpaired) electrons. The second-order valence-electron chi connectivity index (χ2n) is 13.0. The molecule has 3 aliphatic carbocycles. The number of primary amides is 1. The average Bonchev–Trinajstić information content (AvgIpc) is 2.81. The summed E-state index contributed by atoms with van der Waals surface area (Å²) in [6.07, 6.45) is -1.50. The second kappa shape index (κ2) is 10.1. The first-order chi connectivity index (χ1) is 18.4. The Morgan fingerprint density at radius 2 is 1.80 bits per heavy atom. The molecule has 40 heavy (non-hydrogen) atoms. The molecule has 1 aromatic carbocycles. The standard InChI is InChI=1S/C29H39N3O8/c1-12(33)15-8-14(10-31-11-28(2,3)4)22(34)19-16(15)7-13-9-17-21(32(5)6)24(36)20(27(30)39)26(38)29(17,40)25(37)18(13)23(19)35/h8,13,17-18,20-21,24,31,34,36,40H,7,9-11H2,1-6H3,(H2,30,39)/t13-,17-,18?,20?,21-,24?,29-/m1/s1. The Morgan fingerprint density at radius 3 is 2.33 bits per heavy atom.